The summed E-state index contributed by atoms with van der Waals surface area (Å²) in [5, 5.41) is 2.84. The number of sulfone groups is 1. The summed E-state index contributed by atoms with van der Waals surface area (Å²) < 4.78 is 23.8. The molecular formula is C16H16BrN3O3S. The Morgan fingerprint density at radius 2 is 1.92 bits per heavy atom. The normalized spacial score (nSPS) is 16.6. The van der Waals surface area contributed by atoms with Gasteiger partial charge in [-0.2, -0.15) is 0 Å². The number of rotatable bonds is 3. The second-order valence-corrected chi connectivity index (χ2v) is 8.75. The SMILES string of the molecule is O=C(Nc1cccc(N2CCS(=O)(=O)CC2)c1)c1cncc(Br)c1. The predicted octanol–water partition coefficient (Wildman–Crippen LogP) is 2.33. The lowest BCUT2D eigenvalue weighted by atomic mass is 10.2. The third kappa shape index (κ3) is 4.12. The number of aromatic nitrogens is 1. The Bertz CT molecular complexity index is 856. The zero-order valence-electron chi connectivity index (χ0n) is 12.8. The molecule has 1 saturated heterocycles. The quantitative estimate of drug-likeness (QED) is 0.841. The summed E-state index contributed by atoms with van der Waals surface area (Å²) in [4.78, 5) is 18.3. The molecule has 3 rings (SSSR count). The first-order valence-electron chi connectivity index (χ1n) is 7.40. The van der Waals surface area contributed by atoms with E-state index in [1.54, 1.807) is 18.3 Å². The Morgan fingerprint density at radius 3 is 2.62 bits per heavy atom. The standard InChI is InChI=1S/C16H16BrN3O3S/c17-13-8-12(10-18-11-13)16(21)19-14-2-1-3-15(9-14)20-4-6-24(22,23)7-5-20/h1-3,8-11H,4-7H2,(H,19,21). The maximum atomic E-state index is 12.3. The van der Waals surface area contributed by atoms with Crippen molar-refractivity contribution in [1.82, 2.24) is 4.98 Å². The van der Waals surface area contributed by atoms with Crippen LogP contribution < -0.4 is 10.2 Å². The number of hydrogen-bond acceptors (Lipinski definition) is 5. The summed E-state index contributed by atoms with van der Waals surface area (Å²) in [5.41, 5.74) is 2.01. The summed E-state index contributed by atoms with van der Waals surface area (Å²) in [6, 6.07) is 9.10. The molecule has 1 aliphatic heterocycles. The minimum atomic E-state index is -2.92. The Morgan fingerprint density at radius 1 is 1.17 bits per heavy atom. The van der Waals surface area contributed by atoms with Crippen molar-refractivity contribution in [1.29, 1.82) is 0 Å². The second-order valence-electron chi connectivity index (χ2n) is 5.54. The van der Waals surface area contributed by atoms with Crippen LogP contribution in [0.2, 0.25) is 0 Å². The van der Waals surface area contributed by atoms with Gasteiger partial charge in [0.1, 0.15) is 0 Å². The first-order chi connectivity index (χ1) is 11.4. The molecule has 0 unspecified atom stereocenters. The van der Waals surface area contributed by atoms with Gasteiger partial charge in [-0.3, -0.25) is 9.78 Å². The number of carbonyl (C=O) groups excluding carboxylic acids is 1. The fourth-order valence-corrected chi connectivity index (χ4v) is 4.06. The summed E-state index contributed by atoms with van der Waals surface area (Å²) in [7, 11) is -2.92. The highest BCUT2D eigenvalue weighted by Crippen LogP contribution is 2.22. The van der Waals surface area contributed by atoms with Crippen molar-refractivity contribution in [2.24, 2.45) is 0 Å². The molecule has 1 aromatic carbocycles. The van der Waals surface area contributed by atoms with Gasteiger partial charge in [-0.25, -0.2) is 8.42 Å². The molecule has 0 spiro atoms. The maximum absolute atomic E-state index is 12.3. The molecule has 126 valence electrons. The van der Waals surface area contributed by atoms with Gasteiger partial charge in [0.25, 0.3) is 5.91 Å². The monoisotopic (exact) mass is 409 g/mol. The van der Waals surface area contributed by atoms with Gasteiger partial charge in [-0.1, -0.05) is 6.07 Å². The highest BCUT2D eigenvalue weighted by atomic mass is 79.9. The van der Waals surface area contributed by atoms with E-state index in [2.05, 4.69) is 26.2 Å². The molecule has 2 heterocycles. The lowest BCUT2D eigenvalue weighted by Crippen LogP contribution is -2.40. The first kappa shape index (κ1) is 16.9. The molecule has 1 aromatic heterocycles. The number of anilines is 2. The third-order valence-electron chi connectivity index (χ3n) is 3.78. The lowest BCUT2D eigenvalue weighted by Gasteiger charge is -2.29. The van der Waals surface area contributed by atoms with Crippen molar-refractivity contribution >= 4 is 43.0 Å². The van der Waals surface area contributed by atoms with E-state index < -0.39 is 9.84 Å². The fraction of sp³-hybridized carbons (Fsp3) is 0.250. The van der Waals surface area contributed by atoms with Crippen LogP contribution in [0.3, 0.4) is 0 Å². The average Bonchev–Trinajstić information content (AvgIpc) is 2.55. The van der Waals surface area contributed by atoms with Gasteiger partial charge >= 0.3 is 0 Å². The van der Waals surface area contributed by atoms with Gasteiger partial charge in [-0.15, -0.1) is 0 Å². The van der Waals surface area contributed by atoms with E-state index in [0.29, 0.717) is 24.3 Å². The van der Waals surface area contributed by atoms with Gasteiger partial charge in [0.05, 0.1) is 17.1 Å². The summed E-state index contributed by atoms with van der Waals surface area (Å²) in [5.74, 6) is 0.0720. The number of amides is 1. The number of hydrogen-bond donors (Lipinski definition) is 1. The number of pyridine rings is 1. The van der Waals surface area contributed by atoms with Crippen LogP contribution in [0.25, 0.3) is 0 Å². The van der Waals surface area contributed by atoms with Gasteiger partial charge in [0, 0.05) is 41.3 Å². The van der Waals surface area contributed by atoms with Crippen molar-refractivity contribution in [3.05, 3.63) is 52.8 Å². The topological polar surface area (TPSA) is 79.4 Å². The van der Waals surface area contributed by atoms with Crippen LogP contribution in [0.4, 0.5) is 11.4 Å². The molecule has 2 aromatic rings. The van der Waals surface area contributed by atoms with Gasteiger partial charge in [-0.05, 0) is 40.2 Å². The molecule has 0 atom stereocenters. The van der Waals surface area contributed by atoms with E-state index >= 15 is 0 Å². The summed E-state index contributed by atoms with van der Waals surface area (Å²) >= 11 is 3.29. The Balaban J connectivity index is 1.73. The highest BCUT2D eigenvalue weighted by Gasteiger charge is 2.21. The summed E-state index contributed by atoms with van der Waals surface area (Å²) in [6.45, 7) is 0.935. The predicted molar refractivity (Wildman–Crippen MR) is 97.2 cm³/mol. The molecule has 1 N–H and O–H groups in total. The van der Waals surface area contributed by atoms with Crippen LogP contribution in [-0.2, 0) is 9.84 Å². The Labute approximate surface area is 148 Å². The van der Waals surface area contributed by atoms with Crippen LogP contribution in [0.15, 0.2) is 47.2 Å². The Kier molecular flexibility index (Phi) is 4.86. The number of nitrogens with one attached hydrogen (secondary N) is 1. The largest absolute Gasteiger partial charge is 0.369 e. The van der Waals surface area contributed by atoms with Crippen molar-refractivity contribution in [3.63, 3.8) is 0 Å². The number of benzene rings is 1. The van der Waals surface area contributed by atoms with Crippen molar-refractivity contribution in [3.8, 4) is 0 Å². The van der Waals surface area contributed by atoms with E-state index in [4.69, 9.17) is 0 Å². The van der Waals surface area contributed by atoms with E-state index in [-0.39, 0.29) is 17.4 Å². The third-order valence-corrected chi connectivity index (χ3v) is 5.82. The molecular weight excluding hydrogens is 394 g/mol. The van der Waals surface area contributed by atoms with E-state index in [0.717, 1.165) is 10.2 Å². The lowest BCUT2D eigenvalue weighted by molar-refractivity contribution is 0.102. The van der Waals surface area contributed by atoms with Gasteiger partial charge < -0.3 is 10.2 Å². The van der Waals surface area contributed by atoms with Crippen molar-refractivity contribution in [2.75, 3.05) is 34.8 Å². The van der Waals surface area contributed by atoms with Crippen LogP contribution in [-0.4, -0.2) is 43.9 Å². The minimum Gasteiger partial charge on any atom is -0.369 e. The van der Waals surface area contributed by atoms with Crippen LogP contribution in [0.1, 0.15) is 10.4 Å². The van der Waals surface area contributed by atoms with Crippen LogP contribution >= 0.6 is 15.9 Å². The van der Waals surface area contributed by atoms with Crippen LogP contribution in [0.5, 0.6) is 0 Å². The average molecular weight is 410 g/mol. The molecule has 0 bridgehead atoms. The number of halogens is 1. The van der Waals surface area contributed by atoms with E-state index in [9.17, 15) is 13.2 Å². The second kappa shape index (κ2) is 6.90. The first-order valence-corrected chi connectivity index (χ1v) is 10.0. The zero-order valence-corrected chi connectivity index (χ0v) is 15.2. The Hall–Kier alpha value is -1.93. The fourth-order valence-electron chi connectivity index (χ4n) is 2.49. The molecule has 6 nitrogen and oxygen atoms in total. The van der Waals surface area contributed by atoms with Crippen molar-refractivity contribution in [2.45, 2.75) is 0 Å². The number of nitrogens with zero attached hydrogens (tertiary/aromatic N) is 2. The molecule has 8 heteroatoms. The molecule has 0 saturated carbocycles. The smallest absolute Gasteiger partial charge is 0.257 e. The number of carbonyl (C=O) groups is 1. The van der Waals surface area contributed by atoms with Gasteiger partial charge in [0.2, 0.25) is 0 Å². The van der Waals surface area contributed by atoms with Gasteiger partial charge in [0.15, 0.2) is 9.84 Å². The molecule has 24 heavy (non-hydrogen) atoms. The molecule has 0 radical (unpaired) electrons. The molecule has 1 aliphatic rings. The van der Waals surface area contributed by atoms with Crippen LogP contribution in [0, 0.1) is 0 Å². The maximum Gasteiger partial charge on any atom is 0.257 e. The minimum absolute atomic E-state index is 0.160. The molecule has 0 aliphatic carbocycles. The van der Waals surface area contributed by atoms with E-state index in [1.165, 1.54) is 6.20 Å². The van der Waals surface area contributed by atoms with E-state index in [1.807, 2.05) is 23.1 Å². The van der Waals surface area contributed by atoms with Crippen molar-refractivity contribution < 1.29 is 13.2 Å². The zero-order chi connectivity index (χ0) is 17.2. The highest BCUT2D eigenvalue weighted by molar-refractivity contribution is 9.10. The molecule has 1 fully saturated rings. The summed E-state index contributed by atoms with van der Waals surface area (Å²) in [6.07, 6.45) is 3.11. The molecule has 1 amide bonds.